The van der Waals surface area contributed by atoms with Crippen molar-refractivity contribution in [3.63, 3.8) is 0 Å². The highest BCUT2D eigenvalue weighted by Crippen LogP contribution is 2.13. The molecular formula is C13H19ClN2. The lowest BCUT2D eigenvalue weighted by atomic mass is 10.1. The Hall–Kier alpha value is -0.570. The summed E-state index contributed by atoms with van der Waals surface area (Å²) in [6.07, 6.45) is 4.08. The van der Waals surface area contributed by atoms with Crippen LogP contribution in [0.25, 0.3) is 0 Å². The molecule has 1 saturated heterocycles. The first-order valence-electron chi connectivity index (χ1n) is 5.94. The third-order valence-electron chi connectivity index (χ3n) is 3.19. The van der Waals surface area contributed by atoms with Crippen LogP contribution in [0, 0.1) is 0 Å². The van der Waals surface area contributed by atoms with Gasteiger partial charge in [-0.15, -0.1) is 0 Å². The minimum atomic E-state index is 0.462. The van der Waals surface area contributed by atoms with E-state index in [9.17, 15) is 0 Å². The first-order valence-corrected chi connectivity index (χ1v) is 6.31. The van der Waals surface area contributed by atoms with E-state index in [1.54, 1.807) is 0 Å². The molecule has 3 heteroatoms. The third-order valence-corrected chi connectivity index (χ3v) is 3.44. The van der Waals surface area contributed by atoms with E-state index in [1.165, 1.54) is 24.9 Å². The van der Waals surface area contributed by atoms with Crippen LogP contribution in [0.1, 0.15) is 18.4 Å². The van der Waals surface area contributed by atoms with Gasteiger partial charge in [0, 0.05) is 11.4 Å². The largest absolute Gasteiger partial charge is 0.301 e. The third kappa shape index (κ3) is 3.21. The highest BCUT2D eigenvalue weighted by Gasteiger charge is 2.16. The van der Waals surface area contributed by atoms with Gasteiger partial charge < -0.3 is 5.32 Å². The zero-order valence-electron chi connectivity index (χ0n) is 9.75. The smallest absolute Gasteiger partial charge is 0.0635 e. The Morgan fingerprint density at radius 3 is 2.81 bits per heavy atom. The van der Waals surface area contributed by atoms with Gasteiger partial charge in [-0.2, -0.15) is 0 Å². The molecule has 0 amide bonds. The zero-order chi connectivity index (χ0) is 11.4. The molecule has 1 heterocycles. The number of likely N-dealkylation sites (N-methyl/N-ethyl adjacent to an activating group) is 1. The Bertz CT molecular complexity index is 323. The van der Waals surface area contributed by atoms with E-state index < -0.39 is 0 Å². The Balaban J connectivity index is 1.99. The fourth-order valence-electron chi connectivity index (χ4n) is 2.14. The standard InChI is InChI=1S/C13H19ClN2/c1-16-9-3-2-8-15-13(16)10-11-4-6-12(14)7-5-11/h4-7,13,15H,2-3,8-10H2,1H3. The Morgan fingerprint density at radius 2 is 2.06 bits per heavy atom. The van der Waals surface area contributed by atoms with Crippen molar-refractivity contribution in [2.45, 2.75) is 25.4 Å². The molecule has 0 aromatic heterocycles. The average Bonchev–Trinajstić information content (AvgIpc) is 2.48. The van der Waals surface area contributed by atoms with E-state index in [1.807, 2.05) is 12.1 Å². The lowest BCUT2D eigenvalue weighted by molar-refractivity contribution is 0.223. The van der Waals surface area contributed by atoms with E-state index >= 15 is 0 Å². The minimum Gasteiger partial charge on any atom is -0.301 e. The molecule has 1 aromatic rings. The van der Waals surface area contributed by atoms with Crippen molar-refractivity contribution in [1.82, 2.24) is 10.2 Å². The summed E-state index contributed by atoms with van der Waals surface area (Å²) in [5.41, 5.74) is 1.34. The SMILES string of the molecule is CN1CCCCNC1Cc1ccc(Cl)cc1. The van der Waals surface area contributed by atoms with Gasteiger partial charge in [0.15, 0.2) is 0 Å². The summed E-state index contributed by atoms with van der Waals surface area (Å²) in [4.78, 5) is 2.40. The molecule has 1 fully saturated rings. The highest BCUT2D eigenvalue weighted by atomic mass is 35.5. The van der Waals surface area contributed by atoms with Gasteiger partial charge in [0.05, 0.1) is 6.17 Å². The molecule has 0 spiro atoms. The van der Waals surface area contributed by atoms with Crippen LogP contribution in [0.15, 0.2) is 24.3 Å². The van der Waals surface area contributed by atoms with Crippen LogP contribution in [0.2, 0.25) is 5.02 Å². The topological polar surface area (TPSA) is 15.3 Å². The summed E-state index contributed by atoms with van der Waals surface area (Å²) in [6, 6.07) is 8.16. The maximum atomic E-state index is 5.88. The summed E-state index contributed by atoms with van der Waals surface area (Å²) in [5, 5.41) is 4.40. The molecular weight excluding hydrogens is 220 g/mol. The molecule has 1 N–H and O–H groups in total. The number of hydrogen-bond donors (Lipinski definition) is 1. The minimum absolute atomic E-state index is 0.462. The number of benzene rings is 1. The van der Waals surface area contributed by atoms with Gasteiger partial charge >= 0.3 is 0 Å². The lowest BCUT2D eigenvalue weighted by Crippen LogP contribution is -2.43. The van der Waals surface area contributed by atoms with Crippen LogP contribution < -0.4 is 5.32 Å². The van der Waals surface area contributed by atoms with Crippen molar-refractivity contribution in [2.24, 2.45) is 0 Å². The van der Waals surface area contributed by atoms with E-state index in [0.717, 1.165) is 18.0 Å². The van der Waals surface area contributed by atoms with Crippen LogP contribution in [-0.2, 0) is 6.42 Å². The Morgan fingerprint density at radius 1 is 1.31 bits per heavy atom. The molecule has 1 unspecified atom stereocenters. The molecule has 1 aromatic carbocycles. The second kappa shape index (κ2) is 5.67. The van der Waals surface area contributed by atoms with Crippen LogP contribution in [0.4, 0.5) is 0 Å². The second-order valence-corrected chi connectivity index (χ2v) is 4.92. The molecule has 1 aliphatic heterocycles. The number of nitrogens with zero attached hydrogens (tertiary/aromatic N) is 1. The monoisotopic (exact) mass is 238 g/mol. The van der Waals surface area contributed by atoms with Crippen molar-refractivity contribution in [2.75, 3.05) is 20.1 Å². The molecule has 2 rings (SSSR count). The number of nitrogens with one attached hydrogen (secondary N) is 1. The van der Waals surface area contributed by atoms with Gasteiger partial charge in [0.2, 0.25) is 0 Å². The van der Waals surface area contributed by atoms with Gasteiger partial charge in [0.1, 0.15) is 0 Å². The maximum absolute atomic E-state index is 5.88. The van der Waals surface area contributed by atoms with Crippen LogP contribution >= 0.6 is 11.6 Å². The molecule has 1 atom stereocenters. The van der Waals surface area contributed by atoms with Crippen molar-refractivity contribution >= 4 is 11.6 Å². The zero-order valence-corrected chi connectivity index (χ0v) is 10.5. The molecule has 16 heavy (non-hydrogen) atoms. The maximum Gasteiger partial charge on any atom is 0.0635 e. The van der Waals surface area contributed by atoms with Crippen molar-refractivity contribution in [3.05, 3.63) is 34.9 Å². The summed E-state index contributed by atoms with van der Waals surface area (Å²) in [7, 11) is 2.19. The first-order chi connectivity index (χ1) is 7.75. The lowest BCUT2D eigenvalue weighted by Gasteiger charge is -2.26. The van der Waals surface area contributed by atoms with Gasteiger partial charge in [-0.25, -0.2) is 0 Å². The van der Waals surface area contributed by atoms with Crippen LogP contribution in [-0.4, -0.2) is 31.2 Å². The highest BCUT2D eigenvalue weighted by molar-refractivity contribution is 6.30. The number of halogens is 1. The summed E-state index contributed by atoms with van der Waals surface area (Å²) < 4.78 is 0. The van der Waals surface area contributed by atoms with E-state index in [2.05, 4.69) is 29.4 Å². The van der Waals surface area contributed by atoms with Crippen molar-refractivity contribution < 1.29 is 0 Å². The summed E-state index contributed by atoms with van der Waals surface area (Å²) >= 11 is 5.88. The Kier molecular flexibility index (Phi) is 4.22. The van der Waals surface area contributed by atoms with Gasteiger partial charge in [-0.1, -0.05) is 23.7 Å². The van der Waals surface area contributed by atoms with E-state index in [-0.39, 0.29) is 0 Å². The molecule has 0 aliphatic carbocycles. The fourth-order valence-corrected chi connectivity index (χ4v) is 2.26. The molecule has 0 radical (unpaired) electrons. The first kappa shape index (κ1) is 11.9. The predicted octanol–water partition coefficient (Wildman–Crippen LogP) is 2.52. The normalized spacial score (nSPS) is 23.0. The van der Waals surface area contributed by atoms with Crippen molar-refractivity contribution in [1.29, 1.82) is 0 Å². The van der Waals surface area contributed by atoms with Crippen molar-refractivity contribution in [3.8, 4) is 0 Å². The summed E-state index contributed by atoms with van der Waals surface area (Å²) in [5.74, 6) is 0. The number of rotatable bonds is 2. The predicted molar refractivity (Wildman–Crippen MR) is 68.8 cm³/mol. The quantitative estimate of drug-likeness (QED) is 0.852. The average molecular weight is 239 g/mol. The van der Waals surface area contributed by atoms with Gasteiger partial charge in [-0.05, 0) is 50.7 Å². The second-order valence-electron chi connectivity index (χ2n) is 4.49. The molecule has 0 saturated carbocycles. The van der Waals surface area contributed by atoms with E-state index in [0.29, 0.717) is 6.17 Å². The van der Waals surface area contributed by atoms with E-state index in [4.69, 9.17) is 11.6 Å². The van der Waals surface area contributed by atoms with Gasteiger partial charge in [0.25, 0.3) is 0 Å². The van der Waals surface area contributed by atoms with Crippen LogP contribution in [0.5, 0.6) is 0 Å². The molecule has 88 valence electrons. The number of hydrogen-bond acceptors (Lipinski definition) is 2. The molecule has 1 aliphatic rings. The fraction of sp³-hybridized carbons (Fsp3) is 0.538. The van der Waals surface area contributed by atoms with Crippen LogP contribution in [0.3, 0.4) is 0 Å². The molecule has 2 nitrogen and oxygen atoms in total. The van der Waals surface area contributed by atoms with Gasteiger partial charge in [-0.3, -0.25) is 4.90 Å². The Labute approximate surface area is 103 Å². The summed E-state index contributed by atoms with van der Waals surface area (Å²) in [6.45, 7) is 2.31. The molecule has 0 bridgehead atoms.